The number of rotatable bonds is 2. The number of benzene rings is 1. The van der Waals surface area contributed by atoms with Gasteiger partial charge in [-0.15, -0.1) is 11.3 Å². The van der Waals surface area contributed by atoms with Crippen molar-refractivity contribution in [3.8, 4) is 0 Å². The lowest BCUT2D eigenvalue weighted by molar-refractivity contribution is 0.220. The summed E-state index contributed by atoms with van der Waals surface area (Å²) in [5.41, 5.74) is 13.0. The van der Waals surface area contributed by atoms with E-state index < -0.39 is 0 Å². The van der Waals surface area contributed by atoms with Crippen LogP contribution in [0.4, 0.5) is 5.13 Å². The second-order valence-corrected chi connectivity index (χ2v) is 7.44. The first-order chi connectivity index (χ1) is 9.39. The minimum Gasteiger partial charge on any atom is -0.375 e. The second kappa shape index (κ2) is 4.59. The Morgan fingerprint density at radius 1 is 1.20 bits per heavy atom. The Bertz CT molecular complexity index is 628. The van der Waals surface area contributed by atoms with Crippen LogP contribution in [0.25, 0.3) is 0 Å². The van der Waals surface area contributed by atoms with Gasteiger partial charge in [0.05, 0.1) is 5.69 Å². The van der Waals surface area contributed by atoms with E-state index in [1.54, 1.807) is 16.9 Å². The first kappa shape index (κ1) is 13.6. The summed E-state index contributed by atoms with van der Waals surface area (Å²) in [5, 5.41) is 2.81. The SMILES string of the molecule is Cc1cc(C)c(C2(C)CC(c3csc(N)n3)C2)c(C)c1. The summed E-state index contributed by atoms with van der Waals surface area (Å²) >= 11 is 1.55. The Morgan fingerprint density at radius 3 is 2.30 bits per heavy atom. The number of aryl methyl sites for hydroxylation is 3. The van der Waals surface area contributed by atoms with Crippen LogP contribution in [0.3, 0.4) is 0 Å². The zero-order valence-electron chi connectivity index (χ0n) is 12.7. The zero-order chi connectivity index (χ0) is 14.5. The molecule has 0 radical (unpaired) electrons. The molecule has 0 atom stereocenters. The number of nitrogen functional groups attached to an aromatic ring is 1. The summed E-state index contributed by atoms with van der Waals surface area (Å²) < 4.78 is 0. The van der Waals surface area contributed by atoms with E-state index in [1.165, 1.54) is 35.2 Å². The Kier molecular flexibility index (Phi) is 3.13. The van der Waals surface area contributed by atoms with Crippen molar-refractivity contribution in [2.24, 2.45) is 0 Å². The fourth-order valence-corrected chi connectivity index (χ4v) is 4.71. The van der Waals surface area contributed by atoms with Gasteiger partial charge in [0.25, 0.3) is 0 Å². The van der Waals surface area contributed by atoms with Crippen molar-refractivity contribution in [1.82, 2.24) is 4.98 Å². The van der Waals surface area contributed by atoms with Gasteiger partial charge in [-0.1, -0.05) is 24.6 Å². The molecule has 3 rings (SSSR count). The van der Waals surface area contributed by atoms with Gasteiger partial charge >= 0.3 is 0 Å². The fourth-order valence-electron chi connectivity index (χ4n) is 4.06. The van der Waals surface area contributed by atoms with Crippen LogP contribution < -0.4 is 5.73 Å². The summed E-state index contributed by atoms with van der Waals surface area (Å²) in [6.45, 7) is 9.06. The van der Waals surface area contributed by atoms with Crippen LogP contribution in [0.1, 0.15) is 53.6 Å². The number of thiazole rings is 1. The molecule has 1 aliphatic rings. The largest absolute Gasteiger partial charge is 0.375 e. The van der Waals surface area contributed by atoms with Crippen molar-refractivity contribution in [3.05, 3.63) is 45.5 Å². The number of anilines is 1. The molecule has 1 saturated carbocycles. The molecule has 0 spiro atoms. The van der Waals surface area contributed by atoms with Gasteiger partial charge in [-0.3, -0.25) is 0 Å². The molecule has 1 aromatic carbocycles. The Hall–Kier alpha value is -1.35. The maximum absolute atomic E-state index is 5.75. The van der Waals surface area contributed by atoms with E-state index in [9.17, 15) is 0 Å². The average molecular weight is 286 g/mol. The van der Waals surface area contributed by atoms with Crippen molar-refractivity contribution >= 4 is 16.5 Å². The molecule has 20 heavy (non-hydrogen) atoms. The van der Waals surface area contributed by atoms with Crippen LogP contribution in [-0.4, -0.2) is 4.98 Å². The highest BCUT2D eigenvalue weighted by Crippen LogP contribution is 2.54. The minimum atomic E-state index is 0.297. The number of aromatic nitrogens is 1. The van der Waals surface area contributed by atoms with Crippen molar-refractivity contribution in [3.63, 3.8) is 0 Å². The summed E-state index contributed by atoms with van der Waals surface area (Å²) in [6, 6.07) is 4.61. The highest BCUT2D eigenvalue weighted by atomic mass is 32.1. The molecule has 3 heteroatoms. The average Bonchev–Trinajstić information content (AvgIpc) is 2.70. The summed E-state index contributed by atoms with van der Waals surface area (Å²) in [7, 11) is 0. The van der Waals surface area contributed by atoms with Gasteiger partial charge in [0.15, 0.2) is 5.13 Å². The Balaban J connectivity index is 1.86. The predicted octanol–water partition coefficient (Wildman–Crippen LogP) is 4.49. The molecule has 106 valence electrons. The van der Waals surface area contributed by atoms with Gasteiger partial charge in [0.1, 0.15) is 0 Å². The first-order valence-corrected chi connectivity index (χ1v) is 8.06. The molecular weight excluding hydrogens is 264 g/mol. The van der Waals surface area contributed by atoms with Crippen LogP contribution in [0.2, 0.25) is 0 Å². The second-order valence-electron chi connectivity index (χ2n) is 6.55. The number of hydrogen-bond acceptors (Lipinski definition) is 3. The maximum Gasteiger partial charge on any atom is 0.180 e. The van der Waals surface area contributed by atoms with Gasteiger partial charge < -0.3 is 5.73 Å². The molecule has 0 amide bonds. The number of nitrogens with two attached hydrogens (primary N) is 1. The summed E-state index contributed by atoms with van der Waals surface area (Å²) in [6.07, 6.45) is 2.36. The van der Waals surface area contributed by atoms with Crippen LogP contribution in [0, 0.1) is 20.8 Å². The fraction of sp³-hybridized carbons (Fsp3) is 0.471. The van der Waals surface area contributed by atoms with Crippen LogP contribution in [0.5, 0.6) is 0 Å². The third kappa shape index (κ3) is 2.14. The van der Waals surface area contributed by atoms with Crippen molar-refractivity contribution in [2.75, 3.05) is 5.73 Å². The van der Waals surface area contributed by atoms with Gasteiger partial charge in [0.2, 0.25) is 0 Å². The monoisotopic (exact) mass is 286 g/mol. The number of hydrogen-bond donors (Lipinski definition) is 1. The highest BCUT2D eigenvalue weighted by molar-refractivity contribution is 7.13. The first-order valence-electron chi connectivity index (χ1n) is 7.18. The van der Waals surface area contributed by atoms with E-state index in [1.807, 2.05) is 0 Å². The molecule has 0 bridgehead atoms. The van der Waals surface area contributed by atoms with Crippen LogP contribution in [0.15, 0.2) is 17.5 Å². The van der Waals surface area contributed by atoms with E-state index >= 15 is 0 Å². The Morgan fingerprint density at radius 2 is 1.80 bits per heavy atom. The van der Waals surface area contributed by atoms with Gasteiger partial charge in [0, 0.05) is 11.3 Å². The van der Waals surface area contributed by atoms with E-state index in [0.29, 0.717) is 16.5 Å². The quantitative estimate of drug-likeness (QED) is 0.883. The smallest absolute Gasteiger partial charge is 0.180 e. The molecule has 1 aromatic heterocycles. The maximum atomic E-state index is 5.75. The van der Waals surface area contributed by atoms with Crippen molar-refractivity contribution < 1.29 is 0 Å². The molecule has 1 fully saturated rings. The van der Waals surface area contributed by atoms with Crippen molar-refractivity contribution in [1.29, 1.82) is 0 Å². The lowest BCUT2D eigenvalue weighted by Crippen LogP contribution is -2.38. The van der Waals surface area contributed by atoms with E-state index in [0.717, 1.165) is 0 Å². The zero-order valence-corrected chi connectivity index (χ0v) is 13.5. The lowest BCUT2D eigenvalue weighted by atomic mass is 9.57. The Labute approximate surface area is 125 Å². The molecule has 0 saturated heterocycles. The minimum absolute atomic E-state index is 0.297. The molecule has 2 N–H and O–H groups in total. The van der Waals surface area contributed by atoms with E-state index in [2.05, 4.69) is 50.2 Å². The lowest BCUT2D eigenvalue weighted by Gasteiger charge is -2.47. The van der Waals surface area contributed by atoms with Crippen LogP contribution in [-0.2, 0) is 5.41 Å². The van der Waals surface area contributed by atoms with Crippen LogP contribution >= 0.6 is 11.3 Å². The van der Waals surface area contributed by atoms with Gasteiger partial charge in [-0.25, -0.2) is 4.98 Å². The third-order valence-corrected chi connectivity index (χ3v) is 5.32. The molecule has 0 aliphatic heterocycles. The molecule has 2 aromatic rings. The van der Waals surface area contributed by atoms with E-state index in [4.69, 9.17) is 5.73 Å². The molecule has 1 aliphatic carbocycles. The van der Waals surface area contributed by atoms with E-state index in [-0.39, 0.29) is 0 Å². The molecule has 1 heterocycles. The summed E-state index contributed by atoms with van der Waals surface area (Å²) in [4.78, 5) is 4.45. The molecule has 2 nitrogen and oxygen atoms in total. The normalized spacial score (nSPS) is 25.5. The topological polar surface area (TPSA) is 38.9 Å². The van der Waals surface area contributed by atoms with Crippen molar-refractivity contribution in [2.45, 2.75) is 51.9 Å². The molecular formula is C17H22N2S. The van der Waals surface area contributed by atoms with Gasteiger partial charge in [-0.2, -0.15) is 0 Å². The number of nitrogens with zero attached hydrogens (tertiary/aromatic N) is 1. The van der Waals surface area contributed by atoms with Gasteiger partial charge in [-0.05, 0) is 55.7 Å². The predicted molar refractivity (Wildman–Crippen MR) is 86.5 cm³/mol. The summed E-state index contributed by atoms with van der Waals surface area (Å²) in [5.74, 6) is 0.577. The molecule has 0 unspecified atom stereocenters. The highest BCUT2D eigenvalue weighted by Gasteiger charge is 2.44. The third-order valence-electron chi connectivity index (χ3n) is 4.63. The standard InChI is InChI=1S/C17H22N2S/c1-10-5-11(2)15(12(3)6-10)17(4)7-13(8-17)14-9-20-16(18)19-14/h5-6,9,13H,7-8H2,1-4H3,(H2,18,19).